The van der Waals surface area contributed by atoms with E-state index in [0.29, 0.717) is 6.07 Å². The van der Waals surface area contributed by atoms with E-state index in [4.69, 9.17) is 5.73 Å². The molecule has 1 nitrogen and oxygen atoms in total. The zero-order chi connectivity index (χ0) is 10.9. The van der Waals surface area contributed by atoms with E-state index in [1.165, 1.54) is 13.8 Å². The van der Waals surface area contributed by atoms with Crippen molar-refractivity contribution in [2.45, 2.75) is 25.6 Å². The van der Waals surface area contributed by atoms with E-state index in [1.807, 2.05) is 0 Å². The van der Waals surface area contributed by atoms with Crippen LogP contribution in [0.5, 0.6) is 0 Å². The average Bonchev–Trinajstić information content (AvgIpc) is 1.99. The van der Waals surface area contributed by atoms with Gasteiger partial charge in [-0.25, -0.2) is 13.2 Å². The number of halogens is 3. The second-order valence-corrected chi connectivity index (χ2v) is 3.89. The highest BCUT2D eigenvalue weighted by Gasteiger charge is 2.27. The number of alkyl halides is 1. The van der Waals surface area contributed by atoms with Crippen LogP contribution in [0.2, 0.25) is 0 Å². The van der Waals surface area contributed by atoms with E-state index in [0.717, 1.165) is 12.1 Å². The van der Waals surface area contributed by atoms with Gasteiger partial charge in [0.2, 0.25) is 0 Å². The Labute approximate surface area is 80.7 Å². The Morgan fingerprint density at radius 3 is 1.93 bits per heavy atom. The van der Waals surface area contributed by atoms with Gasteiger partial charge in [0, 0.05) is 11.6 Å². The molecule has 4 heteroatoms. The number of benzene rings is 1. The van der Waals surface area contributed by atoms with Crippen LogP contribution in [0.4, 0.5) is 13.2 Å². The molecule has 1 rings (SSSR count). The summed E-state index contributed by atoms with van der Waals surface area (Å²) in [4.78, 5) is 0. The summed E-state index contributed by atoms with van der Waals surface area (Å²) in [6, 6.07) is 2.59. The first-order valence-corrected chi connectivity index (χ1v) is 4.19. The molecule has 2 N–H and O–H groups in total. The summed E-state index contributed by atoms with van der Waals surface area (Å²) < 4.78 is 39.0. The quantitative estimate of drug-likeness (QED) is 0.785. The van der Waals surface area contributed by atoms with Gasteiger partial charge in [-0.3, -0.25) is 0 Å². The van der Waals surface area contributed by atoms with Gasteiger partial charge in [0.25, 0.3) is 0 Å². The van der Waals surface area contributed by atoms with Crippen molar-refractivity contribution >= 4 is 0 Å². The Morgan fingerprint density at radius 2 is 1.57 bits per heavy atom. The summed E-state index contributed by atoms with van der Waals surface area (Å²) in [5.41, 5.74) is 4.26. The number of hydrogen-bond donors (Lipinski definition) is 1. The van der Waals surface area contributed by atoms with Crippen LogP contribution in [0.25, 0.3) is 0 Å². The first-order valence-electron chi connectivity index (χ1n) is 4.19. The molecule has 1 unspecified atom stereocenters. The van der Waals surface area contributed by atoms with Crippen LogP contribution < -0.4 is 5.73 Å². The SMILES string of the molecule is CC(C)(N)C(F)c1cc(F)cc(F)c1. The van der Waals surface area contributed by atoms with Crippen LogP contribution in [0, 0.1) is 11.6 Å². The van der Waals surface area contributed by atoms with E-state index in [1.54, 1.807) is 0 Å². The number of rotatable bonds is 2. The Balaban J connectivity index is 3.07. The summed E-state index contributed by atoms with van der Waals surface area (Å²) in [5, 5.41) is 0. The van der Waals surface area contributed by atoms with Gasteiger partial charge in [0.05, 0.1) is 0 Å². The Kier molecular flexibility index (Phi) is 2.85. The van der Waals surface area contributed by atoms with Gasteiger partial charge >= 0.3 is 0 Å². The van der Waals surface area contributed by atoms with Crippen LogP contribution in [-0.4, -0.2) is 5.54 Å². The summed E-state index contributed by atoms with van der Waals surface area (Å²) in [7, 11) is 0. The molecule has 1 aromatic carbocycles. The predicted octanol–water partition coefficient (Wildman–Crippen LogP) is 2.71. The van der Waals surface area contributed by atoms with E-state index in [-0.39, 0.29) is 5.56 Å². The lowest BCUT2D eigenvalue weighted by Crippen LogP contribution is -2.37. The van der Waals surface area contributed by atoms with Crippen LogP contribution in [-0.2, 0) is 0 Å². The smallest absolute Gasteiger partial charge is 0.143 e. The number of hydrogen-bond acceptors (Lipinski definition) is 1. The minimum absolute atomic E-state index is 0.0741. The molecule has 0 aromatic heterocycles. The lowest BCUT2D eigenvalue weighted by molar-refractivity contribution is 0.222. The number of nitrogens with two attached hydrogens (primary N) is 1. The van der Waals surface area contributed by atoms with E-state index in [2.05, 4.69) is 0 Å². The van der Waals surface area contributed by atoms with Gasteiger partial charge in [-0.2, -0.15) is 0 Å². The molecular formula is C10H12F3N. The van der Waals surface area contributed by atoms with Gasteiger partial charge in [0.15, 0.2) is 0 Å². The Morgan fingerprint density at radius 1 is 1.14 bits per heavy atom. The highest BCUT2D eigenvalue weighted by Crippen LogP contribution is 2.28. The molecule has 0 fully saturated rings. The maximum Gasteiger partial charge on any atom is 0.143 e. The highest BCUT2D eigenvalue weighted by molar-refractivity contribution is 5.22. The van der Waals surface area contributed by atoms with Crippen LogP contribution >= 0.6 is 0 Å². The van der Waals surface area contributed by atoms with Crippen molar-refractivity contribution in [3.63, 3.8) is 0 Å². The lowest BCUT2D eigenvalue weighted by Gasteiger charge is -2.23. The summed E-state index contributed by atoms with van der Waals surface area (Å²) in [6.45, 7) is 2.92. The largest absolute Gasteiger partial charge is 0.323 e. The van der Waals surface area contributed by atoms with Gasteiger partial charge in [-0.05, 0) is 31.5 Å². The fraction of sp³-hybridized carbons (Fsp3) is 0.400. The maximum absolute atomic E-state index is 13.5. The van der Waals surface area contributed by atoms with Crippen LogP contribution in [0.15, 0.2) is 18.2 Å². The summed E-state index contributed by atoms with van der Waals surface area (Å²) >= 11 is 0. The lowest BCUT2D eigenvalue weighted by atomic mass is 9.94. The highest BCUT2D eigenvalue weighted by atomic mass is 19.1. The molecular weight excluding hydrogens is 191 g/mol. The normalized spacial score (nSPS) is 14.1. The molecule has 0 aliphatic carbocycles. The Hall–Kier alpha value is -1.03. The van der Waals surface area contributed by atoms with Crippen molar-refractivity contribution in [3.05, 3.63) is 35.4 Å². The predicted molar refractivity (Wildman–Crippen MR) is 48.5 cm³/mol. The van der Waals surface area contributed by atoms with Crippen LogP contribution in [0.1, 0.15) is 25.6 Å². The summed E-state index contributed by atoms with van der Waals surface area (Å²) in [6.07, 6.45) is -1.59. The fourth-order valence-electron chi connectivity index (χ4n) is 1.15. The molecule has 0 saturated heterocycles. The Bertz CT molecular complexity index is 310. The molecule has 1 atom stereocenters. The fourth-order valence-corrected chi connectivity index (χ4v) is 1.15. The standard InChI is InChI=1S/C10H12F3N/c1-10(2,14)9(13)6-3-7(11)5-8(12)4-6/h3-5,9H,14H2,1-2H3. The molecule has 0 amide bonds. The van der Waals surface area contributed by atoms with Crippen molar-refractivity contribution < 1.29 is 13.2 Å². The third-order valence-corrected chi connectivity index (χ3v) is 1.83. The van der Waals surface area contributed by atoms with Crippen molar-refractivity contribution in [3.8, 4) is 0 Å². The second-order valence-electron chi connectivity index (χ2n) is 3.89. The molecule has 1 aromatic rings. The molecule has 0 radical (unpaired) electrons. The van der Waals surface area contributed by atoms with E-state index >= 15 is 0 Å². The molecule has 0 heterocycles. The van der Waals surface area contributed by atoms with Crippen molar-refractivity contribution in [2.75, 3.05) is 0 Å². The maximum atomic E-state index is 13.5. The minimum Gasteiger partial charge on any atom is -0.323 e. The van der Waals surface area contributed by atoms with Crippen molar-refractivity contribution in [1.29, 1.82) is 0 Å². The van der Waals surface area contributed by atoms with Gasteiger partial charge < -0.3 is 5.73 Å². The van der Waals surface area contributed by atoms with Crippen LogP contribution in [0.3, 0.4) is 0 Å². The zero-order valence-electron chi connectivity index (χ0n) is 8.02. The van der Waals surface area contributed by atoms with E-state index < -0.39 is 23.3 Å². The van der Waals surface area contributed by atoms with E-state index in [9.17, 15) is 13.2 Å². The summed E-state index contributed by atoms with van der Waals surface area (Å²) in [5.74, 6) is -1.60. The minimum atomic E-state index is -1.59. The molecule has 0 spiro atoms. The third kappa shape index (κ3) is 2.48. The van der Waals surface area contributed by atoms with Gasteiger partial charge in [-0.15, -0.1) is 0 Å². The second kappa shape index (κ2) is 3.61. The average molecular weight is 203 g/mol. The molecule has 0 aliphatic rings. The monoisotopic (exact) mass is 203 g/mol. The molecule has 0 saturated carbocycles. The molecule has 0 aliphatic heterocycles. The first kappa shape index (κ1) is 11.0. The van der Waals surface area contributed by atoms with Crippen molar-refractivity contribution in [1.82, 2.24) is 0 Å². The topological polar surface area (TPSA) is 26.0 Å². The third-order valence-electron chi connectivity index (χ3n) is 1.83. The van der Waals surface area contributed by atoms with Gasteiger partial charge in [-0.1, -0.05) is 0 Å². The molecule has 78 valence electrons. The molecule has 14 heavy (non-hydrogen) atoms. The molecule has 0 bridgehead atoms. The first-order chi connectivity index (χ1) is 6.30. The zero-order valence-corrected chi connectivity index (χ0v) is 8.02. The van der Waals surface area contributed by atoms with Crippen molar-refractivity contribution in [2.24, 2.45) is 5.73 Å². The van der Waals surface area contributed by atoms with Gasteiger partial charge in [0.1, 0.15) is 17.8 Å².